The van der Waals surface area contributed by atoms with Crippen molar-refractivity contribution in [2.45, 2.75) is 13.3 Å². The fourth-order valence-corrected chi connectivity index (χ4v) is 0.788. The lowest BCUT2D eigenvalue weighted by molar-refractivity contribution is 0.0949. The highest BCUT2D eigenvalue weighted by Crippen LogP contribution is 1.86. The van der Waals surface area contributed by atoms with Crippen molar-refractivity contribution in [1.82, 2.24) is 15.3 Å². The van der Waals surface area contributed by atoms with Crippen LogP contribution in [0.2, 0.25) is 0 Å². The van der Waals surface area contributed by atoms with Crippen LogP contribution in [0.1, 0.15) is 23.8 Å². The summed E-state index contributed by atoms with van der Waals surface area (Å²) in [4.78, 5) is 26.4. The maximum atomic E-state index is 11.1. The minimum Gasteiger partial charge on any atom is -0.351 e. The van der Waals surface area contributed by atoms with Crippen molar-refractivity contribution in [2.24, 2.45) is 0 Å². The van der Waals surface area contributed by atoms with E-state index in [0.29, 0.717) is 6.54 Å². The molecule has 0 spiro atoms. The van der Waals surface area contributed by atoms with E-state index in [1.807, 2.05) is 6.92 Å². The normalized spacial score (nSPS) is 9.75. The summed E-state index contributed by atoms with van der Waals surface area (Å²) in [6.07, 6.45) is 2.23. The molecule has 0 aliphatic rings. The van der Waals surface area contributed by atoms with Gasteiger partial charge in [0, 0.05) is 12.7 Å². The van der Waals surface area contributed by atoms with E-state index in [1.54, 1.807) is 0 Å². The first-order chi connectivity index (χ1) is 5.74. The Labute approximate surface area is 69.2 Å². The molecule has 0 aliphatic heterocycles. The van der Waals surface area contributed by atoms with Crippen LogP contribution in [-0.4, -0.2) is 22.4 Å². The maximum absolute atomic E-state index is 11.1. The van der Waals surface area contributed by atoms with Gasteiger partial charge in [0.1, 0.15) is 5.69 Å². The molecule has 1 rings (SSSR count). The third-order valence-electron chi connectivity index (χ3n) is 1.38. The molecule has 0 saturated heterocycles. The molecule has 0 saturated carbocycles. The fourth-order valence-electron chi connectivity index (χ4n) is 0.788. The van der Waals surface area contributed by atoms with E-state index in [2.05, 4.69) is 15.3 Å². The predicted molar refractivity (Wildman–Crippen MR) is 44.0 cm³/mol. The van der Waals surface area contributed by atoms with E-state index < -0.39 is 0 Å². The van der Waals surface area contributed by atoms with Gasteiger partial charge in [0.25, 0.3) is 5.91 Å². The number of amides is 1. The van der Waals surface area contributed by atoms with Gasteiger partial charge in [-0.25, -0.2) is 4.79 Å². The predicted octanol–water partition coefficient (Wildman–Crippen LogP) is -0.157. The summed E-state index contributed by atoms with van der Waals surface area (Å²) < 4.78 is 0. The first-order valence-corrected chi connectivity index (χ1v) is 3.80. The maximum Gasteiger partial charge on any atom is 0.323 e. The molecule has 0 bridgehead atoms. The third kappa shape index (κ3) is 1.98. The van der Waals surface area contributed by atoms with Crippen molar-refractivity contribution in [3.05, 3.63) is 22.4 Å². The zero-order valence-corrected chi connectivity index (χ0v) is 6.81. The van der Waals surface area contributed by atoms with E-state index >= 15 is 0 Å². The average molecular weight is 169 g/mol. The Kier molecular flexibility index (Phi) is 2.68. The lowest BCUT2D eigenvalue weighted by atomic mass is 10.4. The van der Waals surface area contributed by atoms with Crippen molar-refractivity contribution in [3.63, 3.8) is 0 Å². The Hall–Kier alpha value is -1.52. The second-order valence-corrected chi connectivity index (χ2v) is 2.41. The van der Waals surface area contributed by atoms with Gasteiger partial charge in [-0.05, 0) is 6.42 Å². The van der Waals surface area contributed by atoms with E-state index in [1.165, 1.54) is 6.20 Å². The van der Waals surface area contributed by atoms with Crippen molar-refractivity contribution in [3.8, 4) is 0 Å². The molecule has 0 atom stereocenters. The summed E-state index contributed by atoms with van der Waals surface area (Å²) in [6, 6.07) is 0. The van der Waals surface area contributed by atoms with Crippen LogP contribution in [-0.2, 0) is 0 Å². The molecule has 3 N–H and O–H groups in total. The molecule has 12 heavy (non-hydrogen) atoms. The molecule has 0 aliphatic carbocycles. The SMILES string of the molecule is CCCNC(=O)c1c[nH]c(=O)[nH]1. The van der Waals surface area contributed by atoms with E-state index in [0.717, 1.165) is 6.42 Å². The highest BCUT2D eigenvalue weighted by atomic mass is 16.2. The van der Waals surface area contributed by atoms with Gasteiger partial charge in [-0.3, -0.25) is 4.79 Å². The van der Waals surface area contributed by atoms with Crippen molar-refractivity contribution in [1.29, 1.82) is 0 Å². The smallest absolute Gasteiger partial charge is 0.323 e. The van der Waals surface area contributed by atoms with Gasteiger partial charge in [-0.1, -0.05) is 6.92 Å². The zero-order chi connectivity index (χ0) is 8.97. The fraction of sp³-hybridized carbons (Fsp3) is 0.429. The van der Waals surface area contributed by atoms with E-state index in [9.17, 15) is 9.59 Å². The number of aromatic nitrogens is 2. The largest absolute Gasteiger partial charge is 0.351 e. The average Bonchev–Trinajstić information content (AvgIpc) is 2.47. The standard InChI is InChI=1S/C7H11N3O2/c1-2-3-8-6(11)5-4-9-7(12)10-5/h4H,2-3H2,1H3,(H,8,11)(H2,9,10,12). The topological polar surface area (TPSA) is 77.8 Å². The van der Waals surface area contributed by atoms with Crippen molar-refractivity contribution < 1.29 is 4.79 Å². The molecule has 5 heteroatoms. The number of rotatable bonds is 3. The Bertz CT molecular complexity index is 312. The molecule has 0 radical (unpaired) electrons. The Morgan fingerprint density at radius 2 is 2.42 bits per heavy atom. The first kappa shape index (κ1) is 8.58. The van der Waals surface area contributed by atoms with Gasteiger partial charge >= 0.3 is 5.69 Å². The van der Waals surface area contributed by atoms with Gasteiger partial charge in [0.2, 0.25) is 0 Å². The summed E-state index contributed by atoms with van der Waals surface area (Å²) in [7, 11) is 0. The minimum atomic E-state index is -0.364. The van der Waals surface area contributed by atoms with Crippen LogP contribution in [0, 0.1) is 0 Å². The van der Waals surface area contributed by atoms with Gasteiger partial charge < -0.3 is 15.3 Å². The summed E-state index contributed by atoms with van der Waals surface area (Å²) in [6.45, 7) is 2.58. The van der Waals surface area contributed by atoms with E-state index in [4.69, 9.17) is 0 Å². The Balaban J connectivity index is 2.59. The summed E-state index contributed by atoms with van der Waals surface area (Å²) in [5.41, 5.74) is -0.0925. The van der Waals surface area contributed by atoms with Gasteiger partial charge in [-0.2, -0.15) is 0 Å². The van der Waals surface area contributed by atoms with Gasteiger partial charge in [0.05, 0.1) is 0 Å². The number of carbonyl (C=O) groups excluding carboxylic acids is 1. The molecule has 66 valence electrons. The Morgan fingerprint density at radius 3 is 2.92 bits per heavy atom. The molecular formula is C7H11N3O2. The zero-order valence-electron chi connectivity index (χ0n) is 6.81. The molecule has 0 fully saturated rings. The molecular weight excluding hydrogens is 158 g/mol. The number of hydrogen-bond acceptors (Lipinski definition) is 2. The number of carbonyl (C=O) groups is 1. The molecule has 1 heterocycles. The number of H-pyrrole nitrogens is 2. The second-order valence-electron chi connectivity index (χ2n) is 2.41. The molecule has 0 aromatic carbocycles. The van der Waals surface area contributed by atoms with Crippen molar-refractivity contribution >= 4 is 5.91 Å². The molecule has 1 amide bonds. The molecule has 1 aromatic heterocycles. The highest BCUT2D eigenvalue weighted by Gasteiger charge is 2.05. The second kappa shape index (κ2) is 3.75. The third-order valence-corrected chi connectivity index (χ3v) is 1.38. The minimum absolute atomic E-state index is 0.254. The van der Waals surface area contributed by atoms with E-state index in [-0.39, 0.29) is 17.3 Å². The van der Waals surface area contributed by atoms with Crippen LogP contribution in [0.25, 0.3) is 0 Å². The van der Waals surface area contributed by atoms with Crippen LogP contribution in [0.3, 0.4) is 0 Å². The van der Waals surface area contributed by atoms with Gasteiger partial charge in [0.15, 0.2) is 0 Å². The van der Waals surface area contributed by atoms with Crippen LogP contribution in [0.15, 0.2) is 11.0 Å². The lowest BCUT2D eigenvalue weighted by Gasteiger charge is -1.98. The molecule has 0 unspecified atom stereocenters. The number of hydrogen-bond donors (Lipinski definition) is 3. The van der Waals surface area contributed by atoms with Crippen LogP contribution in [0.5, 0.6) is 0 Å². The summed E-state index contributed by atoms with van der Waals surface area (Å²) in [5.74, 6) is -0.254. The summed E-state index contributed by atoms with van der Waals surface area (Å²) in [5, 5.41) is 2.63. The van der Waals surface area contributed by atoms with Crippen LogP contribution < -0.4 is 11.0 Å². The summed E-state index contributed by atoms with van der Waals surface area (Å²) >= 11 is 0. The number of aromatic amines is 2. The monoisotopic (exact) mass is 169 g/mol. The number of nitrogens with one attached hydrogen (secondary N) is 3. The quantitative estimate of drug-likeness (QED) is 0.588. The van der Waals surface area contributed by atoms with Crippen molar-refractivity contribution in [2.75, 3.05) is 6.54 Å². The Morgan fingerprint density at radius 1 is 1.67 bits per heavy atom. The molecule has 5 nitrogen and oxygen atoms in total. The first-order valence-electron chi connectivity index (χ1n) is 3.80. The molecule has 1 aromatic rings. The highest BCUT2D eigenvalue weighted by molar-refractivity contribution is 5.91. The lowest BCUT2D eigenvalue weighted by Crippen LogP contribution is -2.24. The van der Waals surface area contributed by atoms with Crippen LogP contribution >= 0.6 is 0 Å². The van der Waals surface area contributed by atoms with Gasteiger partial charge in [-0.15, -0.1) is 0 Å². The number of imidazole rings is 1. The van der Waals surface area contributed by atoms with Crippen LogP contribution in [0.4, 0.5) is 0 Å².